The van der Waals surface area contributed by atoms with Crippen LogP contribution in [0.3, 0.4) is 0 Å². The fourth-order valence-electron chi connectivity index (χ4n) is 2.60. The van der Waals surface area contributed by atoms with Crippen LogP contribution in [0.5, 0.6) is 0 Å². The topological polar surface area (TPSA) is 104 Å². The molecule has 0 saturated heterocycles. The highest BCUT2D eigenvalue weighted by atomic mass is 16.3. The number of hydrogen-bond acceptors (Lipinski definition) is 6. The van der Waals surface area contributed by atoms with Crippen molar-refractivity contribution >= 4 is 11.5 Å². The minimum atomic E-state index is -0.227. The van der Waals surface area contributed by atoms with Crippen LogP contribution in [0.25, 0.3) is 5.78 Å². The summed E-state index contributed by atoms with van der Waals surface area (Å²) in [6, 6.07) is 11.0. The molecule has 120 valence electrons. The summed E-state index contributed by atoms with van der Waals surface area (Å²) in [5.74, 6) is 1.05. The van der Waals surface area contributed by atoms with Gasteiger partial charge in [-0.05, 0) is 29.8 Å². The highest BCUT2D eigenvalue weighted by Crippen LogP contribution is 2.10. The van der Waals surface area contributed by atoms with Crippen LogP contribution < -0.4 is 11.3 Å². The molecule has 4 rings (SSSR count). The second-order valence-electron chi connectivity index (χ2n) is 5.41. The third-order valence-electron chi connectivity index (χ3n) is 3.69. The van der Waals surface area contributed by atoms with E-state index in [0.717, 1.165) is 5.56 Å². The fraction of sp³-hybridized carbons (Fsp3) is 0.125. The van der Waals surface area contributed by atoms with E-state index in [1.807, 2.05) is 18.2 Å². The molecule has 8 nitrogen and oxygen atoms in total. The lowest BCUT2D eigenvalue weighted by Crippen LogP contribution is -2.29. The second-order valence-corrected chi connectivity index (χ2v) is 5.41. The number of aromatic nitrogens is 5. The lowest BCUT2D eigenvalue weighted by atomic mass is 10.2. The van der Waals surface area contributed by atoms with Crippen molar-refractivity contribution in [3.63, 3.8) is 0 Å². The average molecular weight is 322 g/mol. The van der Waals surface area contributed by atoms with Gasteiger partial charge in [0, 0.05) is 5.69 Å². The smallest absolute Gasteiger partial charge is 0.277 e. The van der Waals surface area contributed by atoms with E-state index in [-0.39, 0.29) is 5.56 Å². The van der Waals surface area contributed by atoms with E-state index in [1.54, 1.807) is 24.5 Å². The molecule has 0 bridgehead atoms. The summed E-state index contributed by atoms with van der Waals surface area (Å²) < 4.78 is 8.34. The van der Waals surface area contributed by atoms with Gasteiger partial charge in [-0.3, -0.25) is 9.36 Å². The summed E-state index contributed by atoms with van der Waals surface area (Å²) in [7, 11) is 0. The van der Waals surface area contributed by atoms with Crippen molar-refractivity contribution in [2.75, 3.05) is 5.73 Å². The monoisotopic (exact) mass is 322 g/mol. The average Bonchev–Trinajstić information content (AvgIpc) is 3.23. The molecule has 0 atom stereocenters. The summed E-state index contributed by atoms with van der Waals surface area (Å²) in [5.41, 5.74) is 7.49. The molecule has 0 radical (unpaired) electrons. The predicted octanol–water partition coefficient (Wildman–Crippen LogP) is 1.10. The zero-order valence-corrected chi connectivity index (χ0v) is 12.7. The van der Waals surface area contributed by atoms with Crippen LogP contribution in [0.2, 0.25) is 0 Å². The number of anilines is 1. The molecule has 0 fully saturated rings. The van der Waals surface area contributed by atoms with Gasteiger partial charge in [-0.2, -0.15) is 9.61 Å². The number of nitrogens with two attached hydrogens (primary N) is 1. The molecular formula is C16H14N6O2. The van der Waals surface area contributed by atoms with Gasteiger partial charge >= 0.3 is 0 Å². The van der Waals surface area contributed by atoms with E-state index in [1.165, 1.54) is 15.4 Å². The molecule has 0 aliphatic heterocycles. The molecule has 1 aromatic carbocycles. The minimum absolute atomic E-state index is 0.227. The third-order valence-corrected chi connectivity index (χ3v) is 3.69. The fourth-order valence-corrected chi connectivity index (χ4v) is 2.60. The van der Waals surface area contributed by atoms with Gasteiger partial charge in [0.15, 0.2) is 0 Å². The van der Waals surface area contributed by atoms with Gasteiger partial charge in [0.2, 0.25) is 0 Å². The van der Waals surface area contributed by atoms with Crippen LogP contribution in [-0.4, -0.2) is 24.4 Å². The number of nitrogen functional groups attached to an aromatic ring is 1. The van der Waals surface area contributed by atoms with E-state index in [2.05, 4.69) is 15.3 Å². The van der Waals surface area contributed by atoms with Gasteiger partial charge in [0.1, 0.15) is 17.8 Å². The Hall–Kier alpha value is -3.42. The van der Waals surface area contributed by atoms with Crippen molar-refractivity contribution < 1.29 is 4.42 Å². The zero-order valence-electron chi connectivity index (χ0n) is 12.7. The Kier molecular flexibility index (Phi) is 3.34. The van der Waals surface area contributed by atoms with E-state index in [0.29, 0.717) is 35.9 Å². The summed E-state index contributed by atoms with van der Waals surface area (Å²) in [6.07, 6.45) is 3.34. The summed E-state index contributed by atoms with van der Waals surface area (Å²) >= 11 is 0. The van der Waals surface area contributed by atoms with Crippen molar-refractivity contribution in [2.24, 2.45) is 0 Å². The quantitative estimate of drug-likeness (QED) is 0.564. The largest absolute Gasteiger partial charge is 0.469 e. The predicted molar refractivity (Wildman–Crippen MR) is 86.5 cm³/mol. The maximum Gasteiger partial charge on any atom is 0.277 e. The molecule has 24 heavy (non-hydrogen) atoms. The minimum Gasteiger partial charge on any atom is -0.469 e. The van der Waals surface area contributed by atoms with Crippen molar-refractivity contribution in [2.45, 2.75) is 13.0 Å². The normalized spacial score (nSPS) is 11.2. The molecule has 0 unspecified atom stereocenters. The molecule has 3 heterocycles. The van der Waals surface area contributed by atoms with Gasteiger partial charge in [-0.25, -0.2) is 0 Å². The molecule has 0 saturated carbocycles. The third kappa shape index (κ3) is 2.54. The summed E-state index contributed by atoms with van der Waals surface area (Å²) in [5, 5.41) is 12.1. The van der Waals surface area contributed by atoms with Gasteiger partial charge in [0.05, 0.1) is 19.2 Å². The second kappa shape index (κ2) is 5.65. The van der Waals surface area contributed by atoms with E-state index in [9.17, 15) is 4.79 Å². The van der Waals surface area contributed by atoms with E-state index >= 15 is 0 Å². The molecule has 0 amide bonds. The van der Waals surface area contributed by atoms with Crippen molar-refractivity contribution in [3.8, 4) is 0 Å². The first-order valence-electron chi connectivity index (χ1n) is 7.37. The molecule has 0 aliphatic rings. The van der Waals surface area contributed by atoms with Gasteiger partial charge < -0.3 is 10.2 Å². The molecule has 2 N–H and O–H groups in total. The molecule has 8 heteroatoms. The first kappa shape index (κ1) is 14.2. The SMILES string of the molecule is Nc1cccc(Cn2c(=O)c(Cc3ccco3)nn3cnnc23)c1. The molecule has 4 aromatic rings. The van der Waals surface area contributed by atoms with Crippen molar-refractivity contribution in [1.29, 1.82) is 0 Å². The summed E-state index contributed by atoms with van der Waals surface area (Å²) in [4.78, 5) is 12.8. The lowest BCUT2D eigenvalue weighted by molar-refractivity contribution is 0.515. The molecule has 0 spiro atoms. The first-order valence-corrected chi connectivity index (χ1v) is 7.37. The molecule has 0 aliphatic carbocycles. The van der Waals surface area contributed by atoms with Crippen LogP contribution in [0.15, 0.2) is 58.2 Å². The summed E-state index contributed by atoms with van der Waals surface area (Å²) in [6.45, 7) is 0.333. The van der Waals surface area contributed by atoms with Gasteiger partial charge in [-0.1, -0.05) is 12.1 Å². The standard InChI is InChI=1S/C16H14N6O2/c17-12-4-1-3-11(7-12)9-21-15(23)14(8-13-5-2-6-24-13)20-22-10-18-19-16(21)22/h1-7,10H,8-9,17H2. The van der Waals surface area contributed by atoms with E-state index < -0.39 is 0 Å². The number of rotatable bonds is 4. The van der Waals surface area contributed by atoms with Crippen LogP contribution >= 0.6 is 0 Å². The Bertz CT molecular complexity index is 1050. The number of benzene rings is 1. The Balaban J connectivity index is 1.82. The van der Waals surface area contributed by atoms with E-state index in [4.69, 9.17) is 10.2 Å². The van der Waals surface area contributed by atoms with Crippen LogP contribution in [-0.2, 0) is 13.0 Å². The highest BCUT2D eigenvalue weighted by molar-refractivity contribution is 5.41. The van der Waals surface area contributed by atoms with Crippen molar-refractivity contribution in [3.05, 3.63) is 76.4 Å². The zero-order chi connectivity index (χ0) is 16.5. The molecule has 3 aromatic heterocycles. The van der Waals surface area contributed by atoms with Crippen LogP contribution in [0, 0.1) is 0 Å². The van der Waals surface area contributed by atoms with Gasteiger partial charge in [0.25, 0.3) is 11.3 Å². The van der Waals surface area contributed by atoms with Crippen molar-refractivity contribution in [1.82, 2.24) is 24.4 Å². The maximum absolute atomic E-state index is 12.8. The number of hydrogen-bond donors (Lipinski definition) is 1. The van der Waals surface area contributed by atoms with Gasteiger partial charge in [-0.15, -0.1) is 10.2 Å². The lowest BCUT2D eigenvalue weighted by Gasteiger charge is -2.09. The number of furan rings is 1. The van der Waals surface area contributed by atoms with Crippen LogP contribution in [0.1, 0.15) is 17.0 Å². The van der Waals surface area contributed by atoms with Crippen LogP contribution in [0.4, 0.5) is 5.69 Å². The number of fused-ring (bicyclic) bond motifs is 1. The maximum atomic E-state index is 12.8. The Morgan fingerprint density at radius 2 is 2.12 bits per heavy atom. The number of nitrogens with zero attached hydrogens (tertiary/aromatic N) is 5. The Morgan fingerprint density at radius 3 is 2.92 bits per heavy atom. The first-order chi connectivity index (χ1) is 11.7. The Morgan fingerprint density at radius 1 is 1.21 bits per heavy atom. The highest BCUT2D eigenvalue weighted by Gasteiger charge is 2.14. The molecular weight excluding hydrogens is 308 g/mol. The Labute approximate surface area is 136 Å².